The number of rotatable bonds is 3. The summed E-state index contributed by atoms with van der Waals surface area (Å²) in [5, 5.41) is 4.84. The number of aryl methyl sites for hydroxylation is 1. The maximum Gasteiger partial charge on any atom is 0.330 e. The fraction of sp³-hybridized carbons (Fsp3) is 0.231. The number of hydrogen-bond donors (Lipinski definition) is 0. The van der Waals surface area contributed by atoms with Crippen molar-refractivity contribution in [3.63, 3.8) is 0 Å². The van der Waals surface area contributed by atoms with Crippen LogP contribution >= 0.6 is 0 Å². The molecule has 0 saturated heterocycles. The Balaban J connectivity index is 2.43. The molecule has 18 heavy (non-hydrogen) atoms. The number of carbonyl (C=O) groups excluding carboxylic acids is 1. The zero-order valence-electron chi connectivity index (χ0n) is 10.2. The molecule has 2 aromatic rings. The number of ether oxygens (including phenoxy) is 1. The van der Waals surface area contributed by atoms with Crippen LogP contribution in [0.1, 0.15) is 12.5 Å². The normalized spacial score (nSPS) is 11.3. The van der Waals surface area contributed by atoms with E-state index in [1.807, 2.05) is 0 Å². The van der Waals surface area contributed by atoms with E-state index >= 15 is 0 Å². The second-order valence-corrected chi connectivity index (χ2v) is 3.78. The summed E-state index contributed by atoms with van der Waals surface area (Å²) < 4.78 is 20.1. The molecule has 0 radical (unpaired) electrons. The molecule has 0 fully saturated rings. The molecule has 1 aromatic heterocycles. The zero-order chi connectivity index (χ0) is 13.1. The van der Waals surface area contributed by atoms with E-state index in [0.29, 0.717) is 23.1 Å². The van der Waals surface area contributed by atoms with Crippen molar-refractivity contribution in [1.82, 2.24) is 9.78 Å². The highest BCUT2D eigenvalue weighted by Gasteiger charge is 2.08. The van der Waals surface area contributed by atoms with E-state index in [1.54, 1.807) is 30.9 Å². The highest BCUT2D eigenvalue weighted by Crippen LogP contribution is 2.21. The molecule has 0 saturated carbocycles. The van der Waals surface area contributed by atoms with Gasteiger partial charge in [0.1, 0.15) is 5.82 Å². The number of fused-ring (bicyclic) bond motifs is 1. The molecule has 0 unspecified atom stereocenters. The average molecular weight is 248 g/mol. The maximum absolute atomic E-state index is 13.7. The number of nitrogens with zero attached hydrogens (tertiary/aromatic N) is 2. The predicted octanol–water partition coefficient (Wildman–Crippen LogP) is 2.29. The summed E-state index contributed by atoms with van der Waals surface area (Å²) in [6.07, 6.45) is 4.34. The highest BCUT2D eigenvalue weighted by atomic mass is 19.1. The number of benzene rings is 1. The van der Waals surface area contributed by atoms with E-state index in [4.69, 9.17) is 4.74 Å². The minimum atomic E-state index is -0.488. The molecule has 0 N–H and O–H groups in total. The third kappa shape index (κ3) is 2.40. The largest absolute Gasteiger partial charge is 0.463 e. The summed E-state index contributed by atoms with van der Waals surface area (Å²) in [7, 11) is 1.76. The minimum Gasteiger partial charge on any atom is -0.463 e. The lowest BCUT2D eigenvalue weighted by Crippen LogP contribution is -1.98. The fourth-order valence-corrected chi connectivity index (χ4v) is 1.72. The van der Waals surface area contributed by atoms with Crippen molar-refractivity contribution in [2.75, 3.05) is 6.61 Å². The van der Waals surface area contributed by atoms with Gasteiger partial charge in [-0.15, -0.1) is 0 Å². The van der Waals surface area contributed by atoms with Crippen LogP contribution in [0, 0.1) is 5.82 Å². The molecule has 0 aliphatic rings. The molecule has 4 nitrogen and oxygen atoms in total. The first-order valence-corrected chi connectivity index (χ1v) is 5.58. The van der Waals surface area contributed by atoms with Crippen molar-refractivity contribution >= 4 is 22.9 Å². The Kier molecular flexibility index (Phi) is 3.41. The first-order chi connectivity index (χ1) is 8.61. The van der Waals surface area contributed by atoms with E-state index in [2.05, 4.69) is 5.10 Å². The summed E-state index contributed by atoms with van der Waals surface area (Å²) >= 11 is 0. The van der Waals surface area contributed by atoms with Crippen molar-refractivity contribution < 1.29 is 13.9 Å². The molecule has 1 heterocycles. The Morgan fingerprint density at radius 1 is 1.56 bits per heavy atom. The van der Waals surface area contributed by atoms with Crippen molar-refractivity contribution in [2.45, 2.75) is 6.92 Å². The topological polar surface area (TPSA) is 44.1 Å². The zero-order valence-corrected chi connectivity index (χ0v) is 10.2. The van der Waals surface area contributed by atoms with Crippen LogP contribution in [0.3, 0.4) is 0 Å². The monoisotopic (exact) mass is 248 g/mol. The van der Waals surface area contributed by atoms with Crippen LogP contribution in [0.4, 0.5) is 4.39 Å². The first-order valence-electron chi connectivity index (χ1n) is 5.58. The Labute approximate surface area is 104 Å². The van der Waals surface area contributed by atoms with Gasteiger partial charge in [-0.3, -0.25) is 4.68 Å². The Bertz CT molecular complexity index is 617. The molecular weight excluding hydrogens is 235 g/mol. The number of aromatic nitrogens is 2. The summed E-state index contributed by atoms with van der Waals surface area (Å²) in [4.78, 5) is 11.2. The van der Waals surface area contributed by atoms with Crippen LogP contribution in [-0.4, -0.2) is 22.4 Å². The van der Waals surface area contributed by atoms with Gasteiger partial charge in [0, 0.05) is 30.3 Å². The maximum atomic E-state index is 13.7. The van der Waals surface area contributed by atoms with Crippen molar-refractivity contribution in [3.8, 4) is 0 Å². The molecular formula is C13H13FN2O2. The van der Waals surface area contributed by atoms with Crippen LogP contribution in [0.2, 0.25) is 0 Å². The van der Waals surface area contributed by atoms with Gasteiger partial charge in [-0.25, -0.2) is 9.18 Å². The third-order valence-electron chi connectivity index (χ3n) is 2.47. The van der Waals surface area contributed by atoms with E-state index in [9.17, 15) is 9.18 Å². The Morgan fingerprint density at radius 2 is 2.33 bits per heavy atom. The lowest BCUT2D eigenvalue weighted by Gasteiger charge is -1.99. The van der Waals surface area contributed by atoms with Crippen LogP contribution < -0.4 is 0 Å². The number of esters is 1. The van der Waals surface area contributed by atoms with Crippen molar-refractivity contribution in [1.29, 1.82) is 0 Å². The van der Waals surface area contributed by atoms with Crippen LogP contribution in [0.5, 0.6) is 0 Å². The van der Waals surface area contributed by atoms with Gasteiger partial charge in [0.05, 0.1) is 12.1 Å². The van der Waals surface area contributed by atoms with Gasteiger partial charge in [0.2, 0.25) is 0 Å². The molecule has 0 aliphatic carbocycles. The summed E-state index contributed by atoms with van der Waals surface area (Å²) in [5.74, 6) is -0.881. The molecule has 1 aromatic carbocycles. The van der Waals surface area contributed by atoms with E-state index in [1.165, 1.54) is 18.2 Å². The van der Waals surface area contributed by atoms with Crippen molar-refractivity contribution in [2.24, 2.45) is 7.05 Å². The third-order valence-corrected chi connectivity index (χ3v) is 2.47. The first kappa shape index (κ1) is 12.3. The molecule has 94 valence electrons. The number of hydrogen-bond acceptors (Lipinski definition) is 3. The Hall–Kier alpha value is -2.17. The molecule has 0 amide bonds. The fourth-order valence-electron chi connectivity index (χ4n) is 1.72. The van der Waals surface area contributed by atoms with Gasteiger partial charge in [0.15, 0.2) is 0 Å². The van der Waals surface area contributed by atoms with Crippen molar-refractivity contribution in [3.05, 3.63) is 35.8 Å². The molecule has 2 rings (SSSR count). The second kappa shape index (κ2) is 5.00. The predicted molar refractivity (Wildman–Crippen MR) is 66.3 cm³/mol. The summed E-state index contributed by atoms with van der Waals surface area (Å²) in [6, 6.07) is 2.94. The van der Waals surface area contributed by atoms with Gasteiger partial charge >= 0.3 is 5.97 Å². The van der Waals surface area contributed by atoms with Gasteiger partial charge in [-0.2, -0.15) is 5.10 Å². The summed E-state index contributed by atoms with van der Waals surface area (Å²) in [6.45, 7) is 2.01. The smallest absolute Gasteiger partial charge is 0.330 e. The average Bonchev–Trinajstić information content (AvgIpc) is 2.69. The standard InChI is InChI=1S/C13H13FN2O2/c1-3-18-13(17)7-4-9-10-8-16(2)15-12(10)6-5-11(9)14/h4-8H,3H2,1-2H3/b7-4-. The van der Waals surface area contributed by atoms with Gasteiger partial charge in [-0.05, 0) is 25.1 Å². The number of carbonyl (C=O) groups is 1. The molecule has 0 aliphatic heterocycles. The van der Waals surface area contributed by atoms with Gasteiger partial charge < -0.3 is 4.74 Å². The molecule has 0 atom stereocenters. The molecule has 5 heteroatoms. The van der Waals surface area contributed by atoms with E-state index in [0.717, 1.165) is 0 Å². The van der Waals surface area contributed by atoms with Crippen LogP contribution in [0.25, 0.3) is 17.0 Å². The SMILES string of the molecule is CCOC(=O)/C=C\c1c(F)ccc2nn(C)cc12. The highest BCUT2D eigenvalue weighted by molar-refractivity contribution is 5.93. The minimum absolute atomic E-state index is 0.294. The van der Waals surface area contributed by atoms with Gasteiger partial charge in [0.25, 0.3) is 0 Å². The van der Waals surface area contributed by atoms with Crippen LogP contribution in [-0.2, 0) is 16.6 Å². The Morgan fingerprint density at radius 3 is 3.06 bits per heavy atom. The lowest BCUT2D eigenvalue weighted by atomic mass is 10.1. The van der Waals surface area contributed by atoms with Crippen LogP contribution in [0.15, 0.2) is 24.4 Å². The quantitative estimate of drug-likeness (QED) is 0.618. The van der Waals surface area contributed by atoms with E-state index in [-0.39, 0.29) is 0 Å². The lowest BCUT2D eigenvalue weighted by molar-refractivity contribution is -0.137. The molecule has 0 spiro atoms. The van der Waals surface area contributed by atoms with Gasteiger partial charge in [-0.1, -0.05) is 0 Å². The van der Waals surface area contributed by atoms with E-state index < -0.39 is 11.8 Å². The summed E-state index contributed by atoms with van der Waals surface area (Å²) in [5.41, 5.74) is 1.02. The molecule has 0 bridgehead atoms. The number of halogens is 1. The second-order valence-electron chi connectivity index (χ2n) is 3.78.